The molecular formula is C28H36N2O5. The highest BCUT2D eigenvalue weighted by Gasteiger charge is 2.71. The number of carbonyl (C=O) groups is 2. The lowest BCUT2D eigenvalue weighted by atomic mass is 9.99. The van der Waals surface area contributed by atoms with E-state index in [1.165, 1.54) is 0 Å². The number of esters is 1. The zero-order valence-corrected chi connectivity index (χ0v) is 21.3. The fourth-order valence-corrected chi connectivity index (χ4v) is 4.87. The summed E-state index contributed by atoms with van der Waals surface area (Å²) in [5.41, 5.74) is 0.0700. The van der Waals surface area contributed by atoms with E-state index in [0.717, 1.165) is 11.1 Å². The molecule has 35 heavy (non-hydrogen) atoms. The van der Waals surface area contributed by atoms with Gasteiger partial charge in [0.25, 0.3) is 0 Å². The Balaban J connectivity index is 1.62. The van der Waals surface area contributed by atoms with Crippen LogP contribution in [0.4, 0.5) is 0 Å². The molecule has 2 heterocycles. The maximum atomic E-state index is 14.1. The van der Waals surface area contributed by atoms with Crippen molar-refractivity contribution in [3.8, 4) is 0 Å². The highest BCUT2D eigenvalue weighted by molar-refractivity contribution is 6.15. The van der Waals surface area contributed by atoms with Crippen LogP contribution in [0, 0.1) is 0 Å². The second kappa shape index (κ2) is 10.2. The van der Waals surface area contributed by atoms with E-state index in [4.69, 9.17) is 14.2 Å². The van der Waals surface area contributed by atoms with Gasteiger partial charge < -0.3 is 14.2 Å². The molecule has 6 atom stereocenters. The third kappa shape index (κ3) is 5.33. The Hall–Kier alpha value is -2.58. The Morgan fingerprint density at radius 1 is 0.914 bits per heavy atom. The fourth-order valence-electron chi connectivity index (χ4n) is 4.87. The standard InChI is InChI=1S/C28H36N2O5/c1-27(2,3)35-26(32)28(19-30(28)24(18-34-5)21-14-10-7-11-15-21)25(31)22-16-29(22)23(17-33-4)20-12-8-6-9-13-20/h6-15,22-24H,16-19H2,1-5H3/t22-,23+,24+,28+,29?,30?/m1/s1. The summed E-state index contributed by atoms with van der Waals surface area (Å²) in [6.07, 6.45) is 0. The molecule has 2 aliphatic rings. The first-order valence-electron chi connectivity index (χ1n) is 12.1. The second-order valence-corrected chi connectivity index (χ2v) is 10.3. The van der Waals surface area contributed by atoms with Crippen molar-refractivity contribution in [2.45, 2.75) is 50.0 Å². The quantitative estimate of drug-likeness (QED) is 0.277. The van der Waals surface area contributed by atoms with Crippen LogP contribution in [0.25, 0.3) is 0 Å². The van der Waals surface area contributed by atoms with Crippen molar-refractivity contribution in [2.75, 3.05) is 40.5 Å². The minimum absolute atomic E-state index is 0.0538. The number of Topliss-reactive ketones (excluding diaryl/α,β-unsaturated/α-hetero) is 1. The lowest BCUT2D eigenvalue weighted by molar-refractivity contribution is -0.162. The maximum absolute atomic E-state index is 14.1. The molecule has 0 aliphatic carbocycles. The van der Waals surface area contributed by atoms with E-state index in [0.29, 0.717) is 26.3 Å². The van der Waals surface area contributed by atoms with E-state index in [1.807, 2.05) is 86.3 Å². The zero-order chi connectivity index (χ0) is 25.2. The van der Waals surface area contributed by atoms with Crippen molar-refractivity contribution in [3.05, 3.63) is 71.8 Å². The molecule has 0 N–H and O–H groups in total. The maximum Gasteiger partial charge on any atom is 0.336 e. The van der Waals surface area contributed by atoms with Gasteiger partial charge in [-0.25, -0.2) is 4.79 Å². The molecule has 2 fully saturated rings. The first-order chi connectivity index (χ1) is 16.7. The Morgan fingerprint density at radius 2 is 1.43 bits per heavy atom. The van der Waals surface area contributed by atoms with Crippen LogP contribution >= 0.6 is 0 Å². The summed E-state index contributed by atoms with van der Waals surface area (Å²) in [5.74, 6) is -0.595. The first-order valence-corrected chi connectivity index (χ1v) is 12.1. The number of rotatable bonds is 11. The monoisotopic (exact) mass is 480 g/mol. The van der Waals surface area contributed by atoms with Gasteiger partial charge in [0, 0.05) is 27.3 Å². The summed E-state index contributed by atoms with van der Waals surface area (Å²) in [6.45, 7) is 7.21. The molecule has 0 aromatic heterocycles. The molecule has 7 heteroatoms. The Labute approximate surface area is 207 Å². The van der Waals surface area contributed by atoms with E-state index in [9.17, 15) is 9.59 Å². The number of ether oxygens (including phenoxy) is 3. The third-order valence-corrected chi connectivity index (χ3v) is 6.68. The van der Waals surface area contributed by atoms with Crippen molar-refractivity contribution in [1.29, 1.82) is 0 Å². The average Bonchev–Trinajstić information content (AvgIpc) is 3.75. The third-order valence-electron chi connectivity index (χ3n) is 6.68. The zero-order valence-electron chi connectivity index (χ0n) is 21.3. The molecule has 7 nitrogen and oxygen atoms in total. The molecule has 0 radical (unpaired) electrons. The summed E-state index contributed by atoms with van der Waals surface area (Å²) in [4.78, 5) is 31.7. The minimum Gasteiger partial charge on any atom is -0.458 e. The summed E-state index contributed by atoms with van der Waals surface area (Å²) < 4.78 is 16.8. The van der Waals surface area contributed by atoms with Crippen LogP contribution in [0.1, 0.15) is 44.0 Å². The van der Waals surface area contributed by atoms with E-state index < -0.39 is 17.1 Å². The normalized spacial score (nSPS) is 27.1. The van der Waals surface area contributed by atoms with Gasteiger partial charge in [-0.3, -0.25) is 14.6 Å². The smallest absolute Gasteiger partial charge is 0.336 e. The fraction of sp³-hybridized carbons (Fsp3) is 0.500. The van der Waals surface area contributed by atoms with E-state index in [-0.39, 0.29) is 23.9 Å². The minimum atomic E-state index is -1.32. The first kappa shape index (κ1) is 25.5. The predicted octanol–water partition coefficient (Wildman–Crippen LogP) is 3.41. The molecule has 0 bridgehead atoms. The van der Waals surface area contributed by atoms with Crippen LogP contribution in [-0.2, 0) is 23.8 Å². The van der Waals surface area contributed by atoms with Crippen LogP contribution in [-0.4, -0.2) is 79.3 Å². The number of methoxy groups -OCH3 is 2. The topological polar surface area (TPSA) is 67.8 Å². The molecule has 0 saturated carbocycles. The number of hydrogen-bond donors (Lipinski definition) is 0. The molecule has 2 saturated heterocycles. The van der Waals surface area contributed by atoms with Crippen LogP contribution in [0.2, 0.25) is 0 Å². The number of nitrogens with zero attached hydrogens (tertiary/aromatic N) is 2. The van der Waals surface area contributed by atoms with E-state index in [1.54, 1.807) is 14.2 Å². The molecule has 2 aliphatic heterocycles. The van der Waals surface area contributed by atoms with Gasteiger partial charge in [0.05, 0.1) is 31.3 Å². The number of hydrogen-bond acceptors (Lipinski definition) is 7. The number of benzene rings is 2. The molecule has 2 aromatic carbocycles. The van der Waals surface area contributed by atoms with Gasteiger partial charge >= 0.3 is 5.97 Å². The van der Waals surface area contributed by atoms with Crippen molar-refractivity contribution in [2.24, 2.45) is 0 Å². The largest absolute Gasteiger partial charge is 0.458 e. The Bertz CT molecular complexity index is 1020. The number of carbonyl (C=O) groups excluding carboxylic acids is 2. The highest BCUT2D eigenvalue weighted by atomic mass is 16.6. The van der Waals surface area contributed by atoms with E-state index in [2.05, 4.69) is 4.90 Å². The van der Waals surface area contributed by atoms with Crippen LogP contribution < -0.4 is 0 Å². The van der Waals surface area contributed by atoms with Crippen LogP contribution in [0.3, 0.4) is 0 Å². The van der Waals surface area contributed by atoms with Gasteiger partial charge in [0.2, 0.25) is 0 Å². The van der Waals surface area contributed by atoms with Crippen molar-refractivity contribution in [1.82, 2.24) is 9.80 Å². The number of ketones is 1. The summed E-state index contributed by atoms with van der Waals surface area (Å²) in [6, 6.07) is 19.2. The second-order valence-electron chi connectivity index (χ2n) is 10.3. The van der Waals surface area contributed by atoms with Gasteiger partial charge in [-0.15, -0.1) is 0 Å². The molecule has 2 aromatic rings. The van der Waals surface area contributed by atoms with E-state index >= 15 is 0 Å². The van der Waals surface area contributed by atoms with Gasteiger partial charge in [0.15, 0.2) is 11.3 Å². The lowest BCUT2D eigenvalue weighted by Crippen LogP contribution is -2.47. The molecule has 188 valence electrons. The lowest BCUT2D eigenvalue weighted by Gasteiger charge is -2.27. The predicted molar refractivity (Wildman–Crippen MR) is 133 cm³/mol. The van der Waals surface area contributed by atoms with Crippen LogP contribution in [0.15, 0.2) is 60.7 Å². The summed E-state index contributed by atoms with van der Waals surface area (Å²) in [7, 11) is 3.30. The average molecular weight is 481 g/mol. The SMILES string of the molecule is COC[C@@H](c1ccccc1)N1C[C@@H]1C(=O)[C@]1(C(=O)OC(C)(C)C)CN1[C@@H](COC)c1ccccc1. The molecule has 0 amide bonds. The Morgan fingerprint density at radius 3 is 1.94 bits per heavy atom. The van der Waals surface area contributed by atoms with Gasteiger partial charge in [-0.1, -0.05) is 60.7 Å². The molecule has 4 rings (SSSR count). The van der Waals surface area contributed by atoms with Gasteiger partial charge in [0.1, 0.15) is 5.60 Å². The molecule has 2 unspecified atom stereocenters. The Kier molecular flexibility index (Phi) is 7.43. The van der Waals surface area contributed by atoms with Crippen molar-refractivity contribution < 1.29 is 23.8 Å². The van der Waals surface area contributed by atoms with Crippen molar-refractivity contribution in [3.63, 3.8) is 0 Å². The summed E-state index contributed by atoms with van der Waals surface area (Å²) >= 11 is 0. The molecule has 0 spiro atoms. The van der Waals surface area contributed by atoms with Crippen LogP contribution in [0.5, 0.6) is 0 Å². The van der Waals surface area contributed by atoms with Gasteiger partial charge in [-0.2, -0.15) is 0 Å². The van der Waals surface area contributed by atoms with Crippen molar-refractivity contribution >= 4 is 11.8 Å². The molecular weight excluding hydrogens is 444 g/mol. The van der Waals surface area contributed by atoms with Gasteiger partial charge in [-0.05, 0) is 31.9 Å². The summed E-state index contributed by atoms with van der Waals surface area (Å²) in [5, 5.41) is 0. The highest BCUT2D eigenvalue weighted by Crippen LogP contribution is 2.47.